The molecule has 6 heteroatoms. The van der Waals surface area contributed by atoms with Crippen LogP contribution < -0.4 is 5.32 Å². The predicted molar refractivity (Wildman–Crippen MR) is 59.6 cm³/mol. The number of hydrogen-bond acceptors (Lipinski definition) is 4. The Morgan fingerprint density at radius 1 is 1.31 bits per heavy atom. The third-order valence-corrected chi connectivity index (χ3v) is 2.25. The highest BCUT2D eigenvalue weighted by atomic mass is 15.2. The van der Waals surface area contributed by atoms with Gasteiger partial charge < -0.3 is 5.32 Å². The lowest BCUT2D eigenvalue weighted by molar-refractivity contribution is 1.05. The monoisotopic (exact) mass is 214 g/mol. The minimum Gasteiger partial charge on any atom is -0.310 e. The lowest BCUT2D eigenvalue weighted by Crippen LogP contribution is -2.00. The summed E-state index contributed by atoms with van der Waals surface area (Å²) in [6.45, 7) is 1.95. The van der Waals surface area contributed by atoms with Crippen molar-refractivity contribution < 1.29 is 0 Å². The number of imidazole rings is 1. The van der Waals surface area contributed by atoms with Gasteiger partial charge in [-0.05, 0) is 13.0 Å². The van der Waals surface area contributed by atoms with E-state index in [2.05, 4.69) is 25.5 Å². The number of fused-ring (bicyclic) bond motifs is 1. The van der Waals surface area contributed by atoms with E-state index in [1.165, 1.54) is 0 Å². The molecule has 2 N–H and O–H groups in total. The SMILES string of the molecule is Cc1cn2c(Nc3ccn[nH]3)nccc2n1. The Balaban J connectivity index is 2.09. The lowest BCUT2D eigenvalue weighted by Gasteiger charge is -2.04. The van der Waals surface area contributed by atoms with Gasteiger partial charge in [0.05, 0.1) is 11.9 Å². The summed E-state index contributed by atoms with van der Waals surface area (Å²) in [7, 11) is 0. The van der Waals surface area contributed by atoms with Crippen LogP contribution in [-0.2, 0) is 0 Å². The summed E-state index contributed by atoms with van der Waals surface area (Å²) >= 11 is 0. The molecule has 0 unspecified atom stereocenters. The molecule has 3 rings (SSSR count). The molecule has 0 aliphatic carbocycles. The van der Waals surface area contributed by atoms with Crippen LogP contribution in [0.3, 0.4) is 0 Å². The van der Waals surface area contributed by atoms with Crippen LogP contribution in [0.1, 0.15) is 5.69 Å². The molecular weight excluding hydrogens is 204 g/mol. The predicted octanol–water partition coefficient (Wildman–Crippen LogP) is 1.50. The van der Waals surface area contributed by atoms with E-state index >= 15 is 0 Å². The fraction of sp³-hybridized carbons (Fsp3) is 0.100. The van der Waals surface area contributed by atoms with Gasteiger partial charge in [0.1, 0.15) is 11.5 Å². The number of hydrogen-bond donors (Lipinski definition) is 2. The molecule has 0 aliphatic rings. The van der Waals surface area contributed by atoms with Gasteiger partial charge in [0, 0.05) is 18.5 Å². The van der Waals surface area contributed by atoms with Crippen LogP contribution in [0.4, 0.5) is 11.8 Å². The quantitative estimate of drug-likeness (QED) is 0.678. The number of aromatic amines is 1. The van der Waals surface area contributed by atoms with Gasteiger partial charge in [-0.3, -0.25) is 9.50 Å². The van der Waals surface area contributed by atoms with Crippen LogP contribution in [0.5, 0.6) is 0 Å². The van der Waals surface area contributed by atoms with Crippen molar-refractivity contribution in [2.75, 3.05) is 5.32 Å². The Morgan fingerprint density at radius 3 is 3.06 bits per heavy atom. The average molecular weight is 214 g/mol. The maximum atomic E-state index is 4.36. The van der Waals surface area contributed by atoms with E-state index in [-0.39, 0.29) is 0 Å². The van der Waals surface area contributed by atoms with Crippen LogP contribution in [0.15, 0.2) is 30.7 Å². The Hall–Kier alpha value is -2.37. The minimum absolute atomic E-state index is 0.711. The van der Waals surface area contributed by atoms with Crippen LogP contribution in [0.2, 0.25) is 0 Å². The smallest absolute Gasteiger partial charge is 0.214 e. The summed E-state index contributed by atoms with van der Waals surface area (Å²) in [5.74, 6) is 1.51. The van der Waals surface area contributed by atoms with Crippen LogP contribution in [0, 0.1) is 6.92 Å². The molecule has 3 aromatic rings. The summed E-state index contributed by atoms with van der Waals surface area (Å²) < 4.78 is 1.90. The fourth-order valence-electron chi connectivity index (χ4n) is 1.58. The first kappa shape index (κ1) is 8.90. The number of anilines is 2. The van der Waals surface area contributed by atoms with Crippen molar-refractivity contribution in [1.82, 2.24) is 24.6 Å². The van der Waals surface area contributed by atoms with Crippen molar-refractivity contribution >= 4 is 17.4 Å². The van der Waals surface area contributed by atoms with Gasteiger partial charge in [-0.25, -0.2) is 9.97 Å². The number of rotatable bonds is 2. The van der Waals surface area contributed by atoms with E-state index in [1.807, 2.05) is 29.7 Å². The molecule has 16 heavy (non-hydrogen) atoms. The van der Waals surface area contributed by atoms with E-state index < -0.39 is 0 Å². The highest BCUT2D eigenvalue weighted by molar-refractivity contribution is 5.53. The molecule has 6 nitrogen and oxygen atoms in total. The number of aromatic nitrogens is 5. The minimum atomic E-state index is 0.711. The molecule has 0 amide bonds. The molecule has 0 saturated carbocycles. The van der Waals surface area contributed by atoms with Gasteiger partial charge in [-0.2, -0.15) is 5.10 Å². The van der Waals surface area contributed by atoms with Crippen molar-refractivity contribution in [2.45, 2.75) is 6.92 Å². The molecule has 80 valence electrons. The normalized spacial score (nSPS) is 10.8. The largest absolute Gasteiger partial charge is 0.310 e. The lowest BCUT2D eigenvalue weighted by atomic mass is 10.6. The molecule has 0 bridgehead atoms. The maximum Gasteiger partial charge on any atom is 0.214 e. The van der Waals surface area contributed by atoms with Crippen molar-refractivity contribution in [3.8, 4) is 0 Å². The number of nitrogens with zero attached hydrogens (tertiary/aromatic N) is 4. The number of aryl methyl sites for hydroxylation is 1. The molecular formula is C10H10N6. The molecule has 3 aromatic heterocycles. The van der Waals surface area contributed by atoms with E-state index in [1.54, 1.807) is 12.4 Å². The average Bonchev–Trinajstić information content (AvgIpc) is 2.86. The second kappa shape index (κ2) is 3.34. The third kappa shape index (κ3) is 1.40. The second-order valence-corrected chi connectivity index (χ2v) is 3.47. The molecule has 0 aromatic carbocycles. The zero-order valence-electron chi connectivity index (χ0n) is 8.68. The Labute approximate surface area is 91.4 Å². The third-order valence-electron chi connectivity index (χ3n) is 2.25. The Kier molecular flexibility index (Phi) is 1.86. The highest BCUT2D eigenvalue weighted by Gasteiger charge is 2.04. The standard InChI is InChI=1S/C10H10N6/c1-7-6-16-9(13-7)3-4-11-10(16)14-8-2-5-12-15-8/h2-6H,1H3,(H2,11,12,14,15). The number of nitrogens with one attached hydrogen (secondary N) is 2. The molecule has 3 heterocycles. The Bertz CT molecular complexity index is 609. The van der Waals surface area contributed by atoms with Gasteiger partial charge >= 0.3 is 0 Å². The summed E-state index contributed by atoms with van der Waals surface area (Å²) in [4.78, 5) is 8.62. The van der Waals surface area contributed by atoms with Crippen molar-refractivity contribution in [3.05, 3.63) is 36.4 Å². The first-order valence-corrected chi connectivity index (χ1v) is 4.90. The topological polar surface area (TPSA) is 70.9 Å². The van der Waals surface area contributed by atoms with Crippen LogP contribution in [-0.4, -0.2) is 24.6 Å². The van der Waals surface area contributed by atoms with Crippen molar-refractivity contribution in [2.24, 2.45) is 0 Å². The van der Waals surface area contributed by atoms with Gasteiger partial charge in [0.15, 0.2) is 0 Å². The van der Waals surface area contributed by atoms with Gasteiger partial charge in [0.25, 0.3) is 0 Å². The van der Waals surface area contributed by atoms with Crippen molar-refractivity contribution in [3.63, 3.8) is 0 Å². The summed E-state index contributed by atoms with van der Waals surface area (Å²) in [5.41, 5.74) is 1.83. The molecule has 0 radical (unpaired) electrons. The first-order chi connectivity index (χ1) is 7.83. The molecule has 0 aliphatic heterocycles. The zero-order valence-corrected chi connectivity index (χ0v) is 8.68. The van der Waals surface area contributed by atoms with Gasteiger partial charge in [-0.15, -0.1) is 0 Å². The first-order valence-electron chi connectivity index (χ1n) is 4.90. The van der Waals surface area contributed by atoms with E-state index in [0.29, 0.717) is 5.95 Å². The van der Waals surface area contributed by atoms with Crippen LogP contribution >= 0.6 is 0 Å². The molecule has 0 fully saturated rings. The van der Waals surface area contributed by atoms with Crippen molar-refractivity contribution in [1.29, 1.82) is 0 Å². The molecule has 0 saturated heterocycles. The summed E-state index contributed by atoms with van der Waals surface area (Å²) in [6.07, 6.45) is 5.34. The summed E-state index contributed by atoms with van der Waals surface area (Å²) in [5, 5.41) is 9.82. The highest BCUT2D eigenvalue weighted by Crippen LogP contribution is 2.13. The van der Waals surface area contributed by atoms with E-state index in [0.717, 1.165) is 17.2 Å². The van der Waals surface area contributed by atoms with E-state index in [9.17, 15) is 0 Å². The fourth-order valence-corrected chi connectivity index (χ4v) is 1.58. The van der Waals surface area contributed by atoms with Gasteiger partial charge in [0.2, 0.25) is 5.95 Å². The second-order valence-electron chi connectivity index (χ2n) is 3.47. The van der Waals surface area contributed by atoms with Crippen LogP contribution in [0.25, 0.3) is 5.65 Å². The molecule has 0 atom stereocenters. The summed E-state index contributed by atoms with van der Waals surface area (Å²) in [6, 6.07) is 3.70. The van der Waals surface area contributed by atoms with Gasteiger partial charge in [-0.1, -0.05) is 0 Å². The zero-order chi connectivity index (χ0) is 11.0. The maximum absolute atomic E-state index is 4.36. The molecule has 0 spiro atoms. The number of H-pyrrole nitrogens is 1. The van der Waals surface area contributed by atoms with E-state index in [4.69, 9.17) is 0 Å². The Morgan fingerprint density at radius 2 is 2.25 bits per heavy atom.